The van der Waals surface area contributed by atoms with Crippen molar-refractivity contribution in [3.63, 3.8) is 0 Å². The Hall–Kier alpha value is -2.42. The van der Waals surface area contributed by atoms with Crippen molar-refractivity contribution in [2.45, 2.75) is 22.9 Å². The number of rotatable bonds is 4. The van der Waals surface area contributed by atoms with E-state index in [1.807, 2.05) is 18.2 Å². The Morgan fingerprint density at radius 3 is 2.83 bits per heavy atom. The molecule has 3 aliphatic heterocycles. The molecule has 0 aliphatic carbocycles. The van der Waals surface area contributed by atoms with Gasteiger partial charge in [0.25, 0.3) is 0 Å². The number of aromatic carboxylic acids is 1. The zero-order valence-corrected chi connectivity index (χ0v) is 17.7. The van der Waals surface area contributed by atoms with Crippen LogP contribution in [0.3, 0.4) is 0 Å². The predicted molar refractivity (Wildman–Crippen MR) is 116 cm³/mol. The molecule has 5 rings (SSSR count). The summed E-state index contributed by atoms with van der Waals surface area (Å²) >= 11 is 1.73. The van der Waals surface area contributed by atoms with E-state index >= 15 is 0 Å². The molecular weight excluding hydrogens is 402 g/mol. The van der Waals surface area contributed by atoms with Crippen LogP contribution in [-0.2, 0) is 0 Å². The fourth-order valence-corrected chi connectivity index (χ4v) is 5.99. The van der Waals surface area contributed by atoms with Crippen LogP contribution in [0.4, 0.5) is 5.69 Å². The lowest BCUT2D eigenvalue weighted by Gasteiger charge is -2.43. The first-order valence-corrected chi connectivity index (χ1v) is 11.1. The summed E-state index contributed by atoms with van der Waals surface area (Å²) in [5, 5.41) is 13.1. The molecule has 3 heterocycles. The van der Waals surface area contributed by atoms with E-state index in [9.17, 15) is 9.90 Å². The number of methoxy groups -OCH3 is 1. The highest BCUT2D eigenvalue weighted by molar-refractivity contribution is 8.00. The van der Waals surface area contributed by atoms with Crippen molar-refractivity contribution in [1.82, 2.24) is 10.2 Å². The van der Waals surface area contributed by atoms with Crippen molar-refractivity contribution >= 4 is 23.4 Å². The fraction of sp³-hybridized carbons (Fsp3) is 0.409. The number of ether oxygens (including phenoxy) is 2. The molecule has 0 aromatic heterocycles. The van der Waals surface area contributed by atoms with Crippen molar-refractivity contribution < 1.29 is 19.4 Å². The largest absolute Gasteiger partial charge is 0.496 e. The highest BCUT2D eigenvalue weighted by Gasteiger charge is 2.42. The van der Waals surface area contributed by atoms with E-state index in [2.05, 4.69) is 27.2 Å². The number of fused-ring (bicyclic) bond motifs is 2. The minimum absolute atomic E-state index is 0.104. The minimum atomic E-state index is -0.969. The molecule has 0 spiro atoms. The van der Waals surface area contributed by atoms with E-state index < -0.39 is 5.97 Å². The van der Waals surface area contributed by atoms with E-state index in [4.69, 9.17) is 9.47 Å². The van der Waals surface area contributed by atoms with Crippen molar-refractivity contribution in [3.05, 3.63) is 47.5 Å². The second-order valence-electron chi connectivity index (χ2n) is 7.65. The molecular formula is C22H25N3O4S. The van der Waals surface area contributed by atoms with Crippen molar-refractivity contribution in [2.75, 3.05) is 44.8 Å². The molecule has 0 amide bonds. The van der Waals surface area contributed by atoms with Gasteiger partial charge in [-0.1, -0.05) is 30.0 Å². The van der Waals surface area contributed by atoms with E-state index in [-0.39, 0.29) is 17.1 Å². The maximum Gasteiger partial charge on any atom is 0.339 e. The highest BCUT2D eigenvalue weighted by atomic mass is 32.2. The van der Waals surface area contributed by atoms with Gasteiger partial charge in [-0.3, -0.25) is 4.90 Å². The van der Waals surface area contributed by atoms with Crippen LogP contribution in [0, 0.1) is 0 Å². The van der Waals surface area contributed by atoms with Crippen LogP contribution in [0.5, 0.6) is 11.5 Å². The second kappa shape index (κ2) is 8.02. The lowest BCUT2D eigenvalue weighted by molar-refractivity contribution is 0.0693. The van der Waals surface area contributed by atoms with E-state index in [0.717, 1.165) is 48.9 Å². The topological polar surface area (TPSA) is 74.3 Å². The number of nitrogens with zero attached hydrogens (tertiary/aromatic N) is 2. The normalized spacial score (nSPS) is 23.4. The quantitative estimate of drug-likeness (QED) is 0.772. The third-order valence-electron chi connectivity index (χ3n) is 5.99. The Bertz CT molecular complexity index is 963. The molecule has 8 heteroatoms. The number of carbonyl (C=O) groups is 1. The van der Waals surface area contributed by atoms with Gasteiger partial charge in [0.1, 0.15) is 22.6 Å². The number of hydrogen-bond donors (Lipinski definition) is 2. The summed E-state index contributed by atoms with van der Waals surface area (Å²) in [6, 6.07) is 12.0. The fourth-order valence-electron chi connectivity index (χ4n) is 4.56. The molecule has 158 valence electrons. The monoisotopic (exact) mass is 427 g/mol. The van der Waals surface area contributed by atoms with Crippen molar-refractivity contribution in [3.8, 4) is 11.5 Å². The number of anilines is 1. The first kappa shape index (κ1) is 19.5. The van der Waals surface area contributed by atoms with Crippen LogP contribution in [0.25, 0.3) is 0 Å². The second-order valence-corrected chi connectivity index (χ2v) is 8.75. The van der Waals surface area contributed by atoms with Gasteiger partial charge in [0, 0.05) is 49.1 Å². The van der Waals surface area contributed by atoms with Gasteiger partial charge in [-0.25, -0.2) is 4.79 Å². The minimum Gasteiger partial charge on any atom is -0.496 e. The number of para-hydroxylation sites is 1. The number of carboxylic acids is 1. The van der Waals surface area contributed by atoms with Gasteiger partial charge in [0.2, 0.25) is 0 Å². The van der Waals surface area contributed by atoms with Gasteiger partial charge in [-0.05, 0) is 12.1 Å². The Balaban J connectivity index is 1.62. The molecule has 2 atom stereocenters. The predicted octanol–water partition coefficient (Wildman–Crippen LogP) is 3.02. The summed E-state index contributed by atoms with van der Waals surface area (Å²) in [7, 11) is 1.53. The number of nitrogens with one attached hydrogen (secondary N) is 1. The molecule has 1 saturated heterocycles. The third-order valence-corrected chi connectivity index (χ3v) is 7.30. The molecule has 2 N–H and O–H groups in total. The third kappa shape index (κ3) is 3.29. The Morgan fingerprint density at radius 2 is 2.07 bits per heavy atom. The zero-order valence-electron chi connectivity index (χ0n) is 16.8. The summed E-state index contributed by atoms with van der Waals surface area (Å²) in [5.41, 5.74) is 2.52. The summed E-state index contributed by atoms with van der Waals surface area (Å²) < 4.78 is 11.4. The Labute approximate surface area is 179 Å². The maximum absolute atomic E-state index is 11.8. The standard InChI is InChI=1S/C22H25N3O4S/c1-28-19-13-17-20(12-15(19)21(26)27)30-22(24-9-7-23-8-10-24)25(17)16-6-11-29-18-5-3-2-4-14(16)18/h2-5,12-13,16,22-23H,6-11H2,1H3,(H,26,27). The smallest absolute Gasteiger partial charge is 0.339 e. The van der Waals surface area contributed by atoms with Crippen LogP contribution in [0.15, 0.2) is 41.3 Å². The maximum atomic E-state index is 11.8. The first-order valence-electron chi connectivity index (χ1n) is 10.2. The van der Waals surface area contributed by atoms with Crippen LogP contribution in [0.1, 0.15) is 28.4 Å². The molecule has 2 aromatic carbocycles. The summed E-state index contributed by atoms with van der Waals surface area (Å²) in [6.07, 6.45) is 0.878. The molecule has 1 fully saturated rings. The lowest BCUT2D eigenvalue weighted by atomic mass is 9.98. The number of carboxylic acid groups (broad SMARTS) is 1. The van der Waals surface area contributed by atoms with E-state index in [1.165, 1.54) is 12.7 Å². The highest BCUT2D eigenvalue weighted by Crippen LogP contribution is 2.52. The molecule has 0 radical (unpaired) electrons. The van der Waals surface area contributed by atoms with Gasteiger partial charge in [0.15, 0.2) is 0 Å². The first-order chi connectivity index (χ1) is 14.7. The molecule has 2 aromatic rings. The van der Waals surface area contributed by atoms with Crippen LogP contribution < -0.4 is 19.7 Å². The average Bonchev–Trinajstić information content (AvgIpc) is 3.16. The van der Waals surface area contributed by atoms with Gasteiger partial charge < -0.3 is 24.8 Å². The van der Waals surface area contributed by atoms with Crippen LogP contribution in [-0.4, -0.2) is 61.4 Å². The summed E-state index contributed by atoms with van der Waals surface area (Å²) in [5.74, 6) is 0.359. The van der Waals surface area contributed by atoms with Gasteiger partial charge >= 0.3 is 5.97 Å². The SMILES string of the molecule is COc1cc2c(cc1C(=O)O)SC(N1CCNCC1)N2C1CCOc2ccccc21. The zero-order chi connectivity index (χ0) is 20.7. The van der Waals surface area contributed by atoms with Crippen LogP contribution in [0.2, 0.25) is 0 Å². The van der Waals surface area contributed by atoms with Gasteiger partial charge in [-0.15, -0.1) is 0 Å². The number of benzene rings is 2. The van der Waals surface area contributed by atoms with Crippen molar-refractivity contribution in [1.29, 1.82) is 0 Å². The van der Waals surface area contributed by atoms with Gasteiger partial charge in [0.05, 0.1) is 25.4 Å². The van der Waals surface area contributed by atoms with Crippen molar-refractivity contribution in [2.24, 2.45) is 0 Å². The van der Waals surface area contributed by atoms with Gasteiger partial charge in [-0.2, -0.15) is 0 Å². The lowest BCUT2D eigenvalue weighted by Crippen LogP contribution is -2.53. The molecule has 0 bridgehead atoms. The number of piperazine rings is 1. The molecule has 2 unspecified atom stereocenters. The molecule has 7 nitrogen and oxygen atoms in total. The van der Waals surface area contributed by atoms with E-state index in [1.54, 1.807) is 17.8 Å². The average molecular weight is 428 g/mol. The Morgan fingerprint density at radius 1 is 1.27 bits per heavy atom. The summed E-state index contributed by atoms with van der Waals surface area (Å²) in [4.78, 5) is 17.7. The summed E-state index contributed by atoms with van der Waals surface area (Å²) in [6.45, 7) is 4.48. The molecule has 3 aliphatic rings. The number of thioether (sulfide) groups is 1. The Kier molecular flexibility index (Phi) is 5.22. The number of hydrogen-bond acceptors (Lipinski definition) is 7. The molecule has 30 heavy (non-hydrogen) atoms. The molecule has 0 saturated carbocycles. The van der Waals surface area contributed by atoms with E-state index in [0.29, 0.717) is 12.4 Å². The van der Waals surface area contributed by atoms with Crippen LogP contribution >= 0.6 is 11.8 Å².